The van der Waals surface area contributed by atoms with E-state index in [-0.39, 0.29) is 12.5 Å². The Labute approximate surface area is 111 Å². The smallest absolute Gasteiger partial charge is 0.415 e. The highest BCUT2D eigenvalue weighted by atomic mass is 16.6. The molecule has 1 aliphatic rings. The molecule has 19 heavy (non-hydrogen) atoms. The van der Waals surface area contributed by atoms with Crippen molar-refractivity contribution in [3.8, 4) is 0 Å². The topological polar surface area (TPSA) is 66.8 Å². The molecule has 0 saturated carbocycles. The van der Waals surface area contributed by atoms with E-state index in [0.29, 0.717) is 12.1 Å². The third-order valence-electron chi connectivity index (χ3n) is 3.00. The van der Waals surface area contributed by atoms with Gasteiger partial charge in [0.05, 0.1) is 12.3 Å². The average molecular weight is 263 g/mol. The molecule has 5 nitrogen and oxygen atoms in total. The van der Waals surface area contributed by atoms with Gasteiger partial charge in [-0.3, -0.25) is 4.90 Å². The highest BCUT2D eigenvalue weighted by Crippen LogP contribution is 2.32. The Morgan fingerprint density at radius 2 is 2.11 bits per heavy atom. The number of hydrogen-bond acceptors (Lipinski definition) is 3. The zero-order chi connectivity index (χ0) is 14.0. The second-order valence-corrected chi connectivity index (χ2v) is 5.03. The van der Waals surface area contributed by atoms with Crippen LogP contribution in [0.15, 0.2) is 24.3 Å². The minimum absolute atomic E-state index is 0.213. The molecule has 0 bridgehead atoms. The van der Waals surface area contributed by atoms with E-state index >= 15 is 0 Å². The molecule has 0 aliphatic carbocycles. The highest BCUT2D eigenvalue weighted by Gasteiger charge is 2.39. The fourth-order valence-electron chi connectivity index (χ4n) is 2.12. The molecule has 0 saturated heterocycles. The second kappa shape index (κ2) is 5.30. The van der Waals surface area contributed by atoms with E-state index in [1.165, 1.54) is 4.90 Å². The molecule has 5 heteroatoms. The van der Waals surface area contributed by atoms with Crippen molar-refractivity contribution in [3.63, 3.8) is 0 Å². The number of carboxylic acids is 1. The molecular weight excluding hydrogens is 246 g/mol. The van der Waals surface area contributed by atoms with Crippen molar-refractivity contribution < 1.29 is 19.4 Å². The number of carbonyl (C=O) groups is 2. The lowest BCUT2D eigenvalue weighted by Gasteiger charge is -2.22. The lowest BCUT2D eigenvalue weighted by molar-refractivity contribution is -0.138. The van der Waals surface area contributed by atoms with Gasteiger partial charge >= 0.3 is 12.1 Å². The van der Waals surface area contributed by atoms with Crippen LogP contribution in [0.25, 0.3) is 0 Å². The predicted molar refractivity (Wildman–Crippen MR) is 70.2 cm³/mol. The van der Waals surface area contributed by atoms with Crippen LogP contribution < -0.4 is 4.90 Å². The van der Waals surface area contributed by atoms with Crippen LogP contribution >= 0.6 is 0 Å². The maximum absolute atomic E-state index is 12.1. The van der Waals surface area contributed by atoms with E-state index in [4.69, 9.17) is 4.74 Å². The van der Waals surface area contributed by atoms with Gasteiger partial charge in [0.1, 0.15) is 6.04 Å². The molecule has 1 heterocycles. The SMILES string of the molecule is CC(C)COC(=O)N1c2ccccc2C[C@H]1C(=O)O. The number of carbonyl (C=O) groups excluding carboxylic acids is 1. The van der Waals surface area contributed by atoms with Gasteiger partial charge in [0.15, 0.2) is 0 Å². The van der Waals surface area contributed by atoms with Crippen molar-refractivity contribution in [1.82, 2.24) is 0 Å². The number of carboxylic acid groups (broad SMARTS) is 1. The summed E-state index contributed by atoms with van der Waals surface area (Å²) >= 11 is 0. The van der Waals surface area contributed by atoms with Crippen LogP contribution in [0.5, 0.6) is 0 Å². The van der Waals surface area contributed by atoms with E-state index in [2.05, 4.69) is 0 Å². The van der Waals surface area contributed by atoms with Gasteiger partial charge in [-0.2, -0.15) is 0 Å². The third kappa shape index (κ3) is 2.70. The maximum atomic E-state index is 12.1. The van der Waals surface area contributed by atoms with Crippen LogP contribution in [-0.2, 0) is 16.0 Å². The molecule has 1 aliphatic heterocycles. The van der Waals surface area contributed by atoms with E-state index in [1.807, 2.05) is 26.0 Å². The van der Waals surface area contributed by atoms with Crippen molar-refractivity contribution in [2.45, 2.75) is 26.3 Å². The van der Waals surface area contributed by atoms with E-state index < -0.39 is 18.1 Å². The largest absolute Gasteiger partial charge is 0.480 e. The fraction of sp³-hybridized carbons (Fsp3) is 0.429. The minimum Gasteiger partial charge on any atom is -0.480 e. The Kier molecular flexibility index (Phi) is 3.74. The van der Waals surface area contributed by atoms with E-state index in [9.17, 15) is 14.7 Å². The number of nitrogens with zero attached hydrogens (tertiary/aromatic N) is 1. The predicted octanol–water partition coefficient (Wildman–Crippen LogP) is 2.29. The maximum Gasteiger partial charge on any atom is 0.415 e. The van der Waals surface area contributed by atoms with Crippen molar-refractivity contribution >= 4 is 17.7 Å². The molecule has 1 amide bonds. The van der Waals surface area contributed by atoms with Crippen LogP contribution in [0.3, 0.4) is 0 Å². The summed E-state index contributed by atoms with van der Waals surface area (Å²) < 4.78 is 5.15. The van der Waals surface area contributed by atoms with Crippen LogP contribution in [-0.4, -0.2) is 29.8 Å². The number of benzene rings is 1. The van der Waals surface area contributed by atoms with E-state index in [0.717, 1.165) is 5.56 Å². The number of amides is 1. The molecule has 102 valence electrons. The molecule has 1 atom stereocenters. The molecule has 0 radical (unpaired) electrons. The molecule has 0 unspecified atom stereocenters. The Morgan fingerprint density at radius 3 is 2.74 bits per heavy atom. The summed E-state index contributed by atoms with van der Waals surface area (Å²) in [6.45, 7) is 4.14. The number of anilines is 1. The first-order valence-electron chi connectivity index (χ1n) is 6.27. The molecular formula is C14H17NO4. The van der Waals surface area contributed by atoms with Crippen LogP contribution in [0.4, 0.5) is 10.5 Å². The summed E-state index contributed by atoms with van der Waals surface area (Å²) in [5.41, 5.74) is 1.49. The monoisotopic (exact) mass is 263 g/mol. The van der Waals surface area contributed by atoms with Crippen LogP contribution in [0.2, 0.25) is 0 Å². The molecule has 1 aromatic rings. The Balaban J connectivity index is 2.24. The second-order valence-electron chi connectivity index (χ2n) is 5.03. The number of aliphatic carboxylic acids is 1. The summed E-state index contributed by atoms with van der Waals surface area (Å²) in [4.78, 5) is 24.6. The van der Waals surface area contributed by atoms with Crippen molar-refractivity contribution in [2.24, 2.45) is 5.92 Å². The number of ether oxygens (including phenoxy) is 1. The van der Waals surface area contributed by atoms with Crippen LogP contribution in [0.1, 0.15) is 19.4 Å². The van der Waals surface area contributed by atoms with Gasteiger partial charge in [-0.15, -0.1) is 0 Å². The minimum atomic E-state index is -1.02. The first-order chi connectivity index (χ1) is 9.00. The lowest BCUT2D eigenvalue weighted by Crippen LogP contribution is -2.43. The van der Waals surface area contributed by atoms with Gasteiger partial charge < -0.3 is 9.84 Å². The first kappa shape index (κ1) is 13.4. The van der Waals surface area contributed by atoms with Crippen molar-refractivity contribution in [3.05, 3.63) is 29.8 Å². The van der Waals surface area contributed by atoms with Gasteiger partial charge in [0.2, 0.25) is 0 Å². The van der Waals surface area contributed by atoms with E-state index in [1.54, 1.807) is 12.1 Å². The number of rotatable bonds is 3. The lowest BCUT2D eigenvalue weighted by atomic mass is 10.1. The van der Waals surface area contributed by atoms with Crippen LogP contribution in [0, 0.1) is 5.92 Å². The average Bonchev–Trinajstić information content (AvgIpc) is 2.75. The van der Waals surface area contributed by atoms with Gasteiger partial charge in [-0.25, -0.2) is 9.59 Å². The van der Waals surface area contributed by atoms with Crippen molar-refractivity contribution in [2.75, 3.05) is 11.5 Å². The standard InChI is InChI=1S/C14H17NO4/c1-9(2)8-19-14(18)15-11-6-4-3-5-10(11)7-12(15)13(16)17/h3-6,9,12H,7-8H2,1-2H3,(H,16,17)/t12-/m0/s1. The van der Waals surface area contributed by atoms with Gasteiger partial charge in [0.25, 0.3) is 0 Å². The number of fused-ring (bicyclic) bond motifs is 1. The first-order valence-corrected chi connectivity index (χ1v) is 6.27. The van der Waals surface area contributed by atoms with Gasteiger partial charge in [-0.1, -0.05) is 32.0 Å². The molecule has 0 aromatic heterocycles. The Bertz CT molecular complexity index is 498. The normalized spacial score (nSPS) is 17.4. The molecule has 2 rings (SSSR count). The number of para-hydroxylation sites is 1. The van der Waals surface area contributed by atoms with Gasteiger partial charge in [0, 0.05) is 6.42 Å². The molecule has 1 aromatic carbocycles. The fourth-order valence-corrected chi connectivity index (χ4v) is 2.12. The molecule has 0 fully saturated rings. The Hall–Kier alpha value is -2.04. The highest BCUT2D eigenvalue weighted by molar-refractivity contribution is 5.98. The summed E-state index contributed by atoms with van der Waals surface area (Å²) in [6, 6.07) is 6.32. The molecule has 1 N–H and O–H groups in total. The zero-order valence-corrected chi connectivity index (χ0v) is 11.0. The third-order valence-corrected chi connectivity index (χ3v) is 3.00. The van der Waals surface area contributed by atoms with Gasteiger partial charge in [-0.05, 0) is 17.5 Å². The summed E-state index contributed by atoms with van der Waals surface area (Å²) in [6.07, 6.45) is -0.270. The quantitative estimate of drug-likeness (QED) is 0.908. The summed E-state index contributed by atoms with van der Waals surface area (Å²) in [7, 11) is 0. The summed E-state index contributed by atoms with van der Waals surface area (Å²) in [5, 5.41) is 9.23. The summed E-state index contributed by atoms with van der Waals surface area (Å²) in [5.74, 6) is -0.803. The zero-order valence-electron chi connectivity index (χ0n) is 11.0. The number of hydrogen-bond donors (Lipinski definition) is 1. The van der Waals surface area contributed by atoms with Crippen molar-refractivity contribution in [1.29, 1.82) is 0 Å². The molecule has 0 spiro atoms. The Morgan fingerprint density at radius 1 is 1.42 bits per heavy atom.